The number of carboxylic acid groups (broad SMARTS) is 1. The minimum atomic E-state index is -1.11. The largest absolute Gasteiger partial charge is 0.478 e. The maximum Gasteiger partial charge on any atom is 0.337 e. The number of carboxylic acids is 1. The average Bonchev–Trinajstić information content (AvgIpc) is 3.16. The minimum absolute atomic E-state index is 0.000886. The van der Waals surface area contributed by atoms with Crippen LogP contribution in [0.5, 0.6) is 0 Å². The molecule has 1 aromatic heterocycles. The predicted octanol–water partition coefficient (Wildman–Crippen LogP) is 4.02. The van der Waals surface area contributed by atoms with Gasteiger partial charge in [0.05, 0.1) is 16.8 Å². The number of hydrogen-bond acceptors (Lipinski definition) is 5. The van der Waals surface area contributed by atoms with Crippen molar-refractivity contribution in [2.45, 2.75) is 6.92 Å². The molecule has 0 radical (unpaired) electrons. The molecule has 0 aliphatic carbocycles. The molecule has 1 heterocycles. The Morgan fingerprint density at radius 2 is 1.90 bits per heavy atom. The molecule has 3 aromatic rings. The van der Waals surface area contributed by atoms with E-state index in [2.05, 4.69) is 15.8 Å². The third-order valence-corrected chi connectivity index (χ3v) is 4.23. The minimum Gasteiger partial charge on any atom is -0.478 e. The molecule has 0 saturated carbocycles. The highest BCUT2D eigenvalue weighted by atomic mass is 35.5. The molecule has 2 amide bonds. The van der Waals surface area contributed by atoms with Crippen molar-refractivity contribution < 1.29 is 23.9 Å². The Morgan fingerprint density at radius 1 is 1.10 bits per heavy atom. The summed E-state index contributed by atoms with van der Waals surface area (Å²) >= 11 is 5.98. The molecule has 0 aliphatic heterocycles. The summed E-state index contributed by atoms with van der Waals surface area (Å²) in [5.41, 5.74) is 3.80. The van der Waals surface area contributed by atoms with E-state index in [9.17, 15) is 14.4 Å². The highest BCUT2D eigenvalue weighted by molar-refractivity contribution is 6.33. The maximum atomic E-state index is 12.2. The predicted molar refractivity (Wildman–Crippen MR) is 112 cm³/mol. The van der Waals surface area contributed by atoms with Crippen molar-refractivity contribution in [2.24, 2.45) is 5.10 Å². The van der Waals surface area contributed by atoms with Crippen LogP contribution < -0.4 is 10.7 Å². The number of anilines is 1. The van der Waals surface area contributed by atoms with Crippen LogP contribution in [0.4, 0.5) is 5.69 Å². The third kappa shape index (κ3) is 5.12. The van der Waals surface area contributed by atoms with Crippen LogP contribution in [-0.4, -0.2) is 29.1 Å². The summed E-state index contributed by atoms with van der Waals surface area (Å²) in [4.78, 5) is 34.3. The molecule has 30 heavy (non-hydrogen) atoms. The van der Waals surface area contributed by atoms with E-state index in [0.717, 1.165) is 0 Å². The summed E-state index contributed by atoms with van der Waals surface area (Å²) < 4.78 is 5.62. The van der Waals surface area contributed by atoms with Gasteiger partial charge >= 0.3 is 5.97 Å². The number of carbonyl (C=O) groups excluding carboxylic acids is 2. The molecule has 2 aromatic carbocycles. The number of rotatable bonds is 6. The fourth-order valence-corrected chi connectivity index (χ4v) is 2.84. The van der Waals surface area contributed by atoms with Crippen LogP contribution in [0.1, 0.15) is 33.4 Å². The Hall–Kier alpha value is -3.91. The number of aromatic carboxylic acids is 1. The number of nitrogens with zero attached hydrogens (tertiary/aromatic N) is 1. The van der Waals surface area contributed by atoms with Gasteiger partial charge in [0.25, 0.3) is 5.91 Å². The summed E-state index contributed by atoms with van der Waals surface area (Å²) in [6.07, 6.45) is 1.33. The normalized spacial score (nSPS) is 10.7. The summed E-state index contributed by atoms with van der Waals surface area (Å²) in [5.74, 6) is -0.975. The Bertz CT molecular complexity index is 1150. The quantitative estimate of drug-likeness (QED) is 0.407. The lowest BCUT2D eigenvalue weighted by Crippen LogP contribution is -2.18. The smallest absolute Gasteiger partial charge is 0.337 e. The van der Waals surface area contributed by atoms with Gasteiger partial charge < -0.3 is 14.8 Å². The van der Waals surface area contributed by atoms with Crippen molar-refractivity contribution in [3.05, 3.63) is 76.5 Å². The molecule has 8 nitrogen and oxygen atoms in total. The van der Waals surface area contributed by atoms with Crippen LogP contribution in [0.2, 0.25) is 5.02 Å². The Labute approximate surface area is 176 Å². The van der Waals surface area contributed by atoms with Crippen molar-refractivity contribution in [3.8, 4) is 11.3 Å². The number of carbonyl (C=O) groups is 3. The van der Waals surface area contributed by atoms with Crippen molar-refractivity contribution in [3.63, 3.8) is 0 Å². The SMILES string of the molecule is CC(=O)Nc1cccc(C(=O)N/N=C\c2ccc(-c3ccc(C(=O)O)c(Cl)c3)o2)c1. The number of amides is 2. The second kappa shape index (κ2) is 9.06. The highest BCUT2D eigenvalue weighted by Gasteiger charge is 2.11. The molecule has 152 valence electrons. The molecule has 0 bridgehead atoms. The zero-order valence-corrected chi connectivity index (χ0v) is 16.4. The topological polar surface area (TPSA) is 121 Å². The molecule has 0 fully saturated rings. The second-order valence-electron chi connectivity index (χ2n) is 6.16. The van der Waals surface area contributed by atoms with E-state index in [0.29, 0.717) is 28.3 Å². The van der Waals surface area contributed by atoms with Crippen LogP contribution in [0, 0.1) is 0 Å². The fraction of sp³-hybridized carbons (Fsp3) is 0.0476. The van der Waals surface area contributed by atoms with Gasteiger partial charge in [0, 0.05) is 23.7 Å². The summed E-state index contributed by atoms with van der Waals surface area (Å²) in [6, 6.07) is 14.2. The van der Waals surface area contributed by atoms with Gasteiger partial charge in [0.2, 0.25) is 5.91 Å². The summed E-state index contributed by atoms with van der Waals surface area (Å²) in [6.45, 7) is 1.38. The molecule has 0 atom stereocenters. The first-order chi connectivity index (χ1) is 14.3. The van der Waals surface area contributed by atoms with Crippen molar-refractivity contribution in [1.82, 2.24) is 5.43 Å². The highest BCUT2D eigenvalue weighted by Crippen LogP contribution is 2.27. The molecule has 0 spiro atoms. The van der Waals surface area contributed by atoms with E-state index < -0.39 is 11.9 Å². The summed E-state index contributed by atoms with van der Waals surface area (Å²) in [7, 11) is 0. The van der Waals surface area contributed by atoms with Crippen LogP contribution in [-0.2, 0) is 4.79 Å². The average molecular weight is 426 g/mol. The van der Waals surface area contributed by atoms with Crippen molar-refractivity contribution in [1.29, 1.82) is 0 Å². The number of hydrogen-bond donors (Lipinski definition) is 3. The zero-order valence-electron chi connectivity index (χ0n) is 15.7. The van der Waals surface area contributed by atoms with Gasteiger partial charge in [-0.3, -0.25) is 9.59 Å². The van der Waals surface area contributed by atoms with E-state index in [-0.39, 0.29) is 16.5 Å². The van der Waals surface area contributed by atoms with E-state index in [1.165, 1.54) is 31.3 Å². The van der Waals surface area contributed by atoms with Gasteiger partial charge in [-0.1, -0.05) is 23.7 Å². The molecular formula is C21H16ClN3O5. The van der Waals surface area contributed by atoms with Crippen LogP contribution in [0.25, 0.3) is 11.3 Å². The second-order valence-corrected chi connectivity index (χ2v) is 6.57. The molecule has 0 saturated heterocycles. The maximum absolute atomic E-state index is 12.2. The van der Waals surface area contributed by atoms with E-state index >= 15 is 0 Å². The van der Waals surface area contributed by atoms with Crippen LogP contribution in [0.3, 0.4) is 0 Å². The Kier molecular flexibility index (Phi) is 6.29. The van der Waals surface area contributed by atoms with Crippen LogP contribution >= 0.6 is 11.6 Å². The Balaban J connectivity index is 1.66. The number of nitrogens with one attached hydrogen (secondary N) is 2. The number of benzene rings is 2. The standard InChI is InChI=1S/C21H16ClN3O5/c1-12(26)24-15-4-2-3-14(9-15)20(27)25-23-11-16-6-8-19(30-16)13-5-7-17(21(28)29)18(22)10-13/h2-11H,1H3,(H,24,26)(H,25,27)(H,28,29)/b23-11-. The molecule has 3 rings (SSSR count). The first kappa shape index (κ1) is 20.8. The van der Waals surface area contributed by atoms with E-state index in [1.54, 1.807) is 36.4 Å². The van der Waals surface area contributed by atoms with Gasteiger partial charge in [-0.25, -0.2) is 10.2 Å². The molecule has 0 unspecified atom stereocenters. The van der Waals surface area contributed by atoms with Crippen molar-refractivity contribution in [2.75, 3.05) is 5.32 Å². The lowest BCUT2D eigenvalue weighted by molar-refractivity contribution is -0.114. The molecule has 3 N–H and O–H groups in total. The number of halogens is 1. The number of hydrazone groups is 1. The number of furan rings is 1. The van der Waals surface area contributed by atoms with Gasteiger partial charge in [-0.05, 0) is 42.5 Å². The first-order valence-electron chi connectivity index (χ1n) is 8.67. The monoisotopic (exact) mass is 425 g/mol. The third-order valence-electron chi connectivity index (χ3n) is 3.91. The fourth-order valence-electron chi connectivity index (χ4n) is 2.58. The van der Waals surface area contributed by atoms with Crippen LogP contribution in [0.15, 0.2) is 64.1 Å². The molecule has 9 heteroatoms. The van der Waals surface area contributed by atoms with Gasteiger partial charge in [-0.2, -0.15) is 5.10 Å². The zero-order chi connectivity index (χ0) is 21.7. The van der Waals surface area contributed by atoms with Gasteiger partial charge in [0.1, 0.15) is 11.5 Å². The molecule has 0 aliphatic rings. The summed E-state index contributed by atoms with van der Waals surface area (Å²) in [5, 5.41) is 15.6. The van der Waals surface area contributed by atoms with E-state index in [1.807, 2.05) is 0 Å². The van der Waals surface area contributed by atoms with Gasteiger partial charge in [0.15, 0.2) is 0 Å². The van der Waals surface area contributed by atoms with Crippen molar-refractivity contribution >= 4 is 41.3 Å². The lowest BCUT2D eigenvalue weighted by Gasteiger charge is -2.04. The molecular weight excluding hydrogens is 410 g/mol. The van der Waals surface area contributed by atoms with Gasteiger partial charge in [-0.15, -0.1) is 0 Å². The van der Waals surface area contributed by atoms with E-state index in [4.69, 9.17) is 21.1 Å². The Morgan fingerprint density at radius 3 is 2.60 bits per heavy atom. The first-order valence-corrected chi connectivity index (χ1v) is 9.05. The lowest BCUT2D eigenvalue weighted by atomic mass is 10.1.